The Morgan fingerprint density at radius 3 is 2.28 bits per heavy atom. The quantitative estimate of drug-likeness (QED) is 0.586. The summed E-state index contributed by atoms with van der Waals surface area (Å²) in [6, 6.07) is 9.97. The summed E-state index contributed by atoms with van der Waals surface area (Å²) in [4.78, 5) is 26.9. The van der Waals surface area contributed by atoms with Crippen molar-refractivity contribution in [3.8, 4) is 0 Å². The summed E-state index contributed by atoms with van der Waals surface area (Å²) >= 11 is 6.45. The second-order valence-corrected chi connectivity index (χ2v) is 8.38. The van der Waals surface area contributed by atoms with E-state index in [2.05, 4.69) is 10.4 Å². The van der Waals surface area contributed by atoms with E-state index < -0.39 is 5.91 Å². The molecular weight excluding hydrogens is 431 g/mol. The third-order valence-corrected chi connectivity index (χ3v) is 5.58. The van der Waals surface area contributed by atoms with Crippen LogP contribution in [0.1, 0.15) is 38.3 Å². The fourth-order valence-corrected chi connectivity index (χ4v) is 4.01. The lowest BCUT2D eigenvalue weighted by molar-refractivity contribution is -0.116. The lowest BCUT2D eigenvalue weighted by Gasteiger charge is -2.18. The maximum absolute atomic E-state index is 13.1. The van der Waals surface area contributed by atoms with E-state index in [9.17, 15) is 14.0 Å². The second-order valence-electron chi connectivity index (χ2n) is 8.02. The first-order valence-corrected chi connectivity index (χ1v) is 10.5. The SMILES string of the molecule is Cc1cc(C)c(NC(=O)CN(C)C(=O)c2c(C)nn(Cc3ccc(F)cc3)c2Cl)c(C)c1. The third-order valence-electron chi connectivity index (χ3n) is 5.19. The molecule has 0 saturated carbocycles. The Labute approximate surface area is 192 Å². The number of anilines is 1. The topological polar surface area (TPSA) is 67.2 Å². The number of aryl methyl sites for hydroxylation is 4. The van der Waals surface area contributed by atoms with Crippen molar-refractivity contribution in [3.63, 3.8) is 0 Å². The number of nitrogens with zero attached hydrogens (tertiary/aromatic N) is 3. The van der Waals surface area contributed by atoms with Gasteiger partial charge in [0.1, 0.15) is 11.0 Å². The molecule has 0 aliphatic rings. The van der Waals surface area contributed by atoms with E-state index in [-0.39, 0.29) is 29.0 Å². The molecule has 32 heavy (non-hydrogen) atoms. The van der Waals surface area contributed by atoms with Crippen LogP contribution < -0.4 is 5.32 Å². The van der Waals surface area contributed by atoms with Crippen molar-refractivity contribution in [2.45, 2.75) is 34.2 Å². The van der Waals surface area contributed by atoms with Crippen LogP contribution in [-0.2, 0) is 11.3 Å². The summed E-state index contributed by atoms with van der Waals surface area (Å²) in [7, 11) is 1.55. The van der Waals surface area contributed by atoms with Gasteiger partial charge in [-0.05, 0) is 56.5 Å². The summed E-state index contributed by atoms with van der Waals surface area (Å²) in [5, 5.41) is 7.43. The summed E-state index contributed by atoms with van der Waals surface area (Å²) < 4.78 is 14.6. The van der Waals surface area contributed by atoms with Crippen molar-refractivity contribution in [1.82, 2.24) is 14.7 Å². The molecule has 168 valence electrons. The molecule has 0 unspecified atom stereocenters. The highest BCUT2D eigenvalue weighted by Gasteiger charge is 2.24. The number of benzene rings is 2. The molecule has 0 aliphatic carbocycles. The minimum atomic E-state index is -0.398. The normalized spacial score (nSPS) is 10.8. The van der Waals surface area contributed by atoms with Crippen LogP contribution in [0.2, 0.25) is 5.15 Å². The van der Waals surface area contributed by atoms with Gasteiger partial charge in [-0.2, -0.15) is 5.10 Å². The molecule has 3 aromatic rings. The van der Waals surface area contributed by atoms with Crippen LogP contribution in [0.15, 0.2) is 36.4 Å². The van der Waals surface area contributed by atoms with Gasteiger partial charge in [0.15, 0.2) is 0 Å². The average Bonchev–Trinajstić information content (AvgIpc) is 2.98. The molecule has 3 rings (SSSR count). The molecule has 0 atom stereocenters. The fourth-order valence-electron chi connectivity index (χ4n) is 3.70. The van der Waals surface area contributed by atoms with E-state index in [0.29, 0.717) is 12.2 Å². The Balaban J connectivity index is 1.72. The third kappa shape index (κ3) is 5.16. The minimum absolute atomic E-state index is 0.134. The zero-order valence-electron chi connectivity index (χ0n) is 18.8. The van der Waals surface area contributed by atoms with Gasteiger partial charge < -0.3 is 10.2 Å². The van der Waals surface area contributed by atoms with Crippen LogP contribution in [-0.4, -0.2) is 40.1 Å². The first-order chi connectivity index (χ1) is 15.1. The molecule has 0 aliphatic heterocycles. The summed E-state index contributed by atoms with van der Waals surface area (Å²) in [6.45, 7) is 7.72. The summed E-state index contributed by atoms with van der Waals surface area (Å²) in [5.74, 6) is -1.03. The highest BCUT2D eigenvalue weighted by molar-refractivity contribution is 6.33. The van der Waals surface area contributed by atoms with Gasteiger partial charge in [-0.1, -0.05) is 41.4 Å². The number of likely N-dealkylation sites (N-methyl/N-ethyl adjacent to an activating group) is 1. The van der Waals surface area contributed by atoms with Crippen molar-refractivity contribution >= 4 is 29.1 Å². The number of nitrogens with one attached hydrogen (secondary N) is 1. The first kappa shape index (κ1) is 23.5. The Hall–Kier alpha value is -3.19. The predicted molar refractivity (Wildman–Crippen MR) is 124 cm³/mol. The molecule has 1 N–H and O–H groups in total. The summed E-state index contributed by atoms with van der Waals surface area (Å²) in [6.07, 6.45) is 0. The number of carbonyl (C=O) groups excluding carboxylic acids is 2. The van der Waals surface area contributed by atoms with Crippen molar-refractivity contribution in [1.29, 1.82) is 0 Å². The van der Waals surface area contributed by atoms with Crippen LogP contribution in [0.3, 0.4) is 0 Å². The van der Waals surface area contributed by atoms with E-state index >= 15 is 0 Å². The van der Waals surface area contributed by atoms with E-state index in [1.54, 1.807) is 26.1 Å². The van der Waals surface area contributed by atoms with Crippen LogP contribution in [0.5, 0.6) is 0 Å². The van der Waals surface area contributed by atoms with Gasteiger partial charge in [0.05, 0.1) is 24.3 Å². The van der Waals surface area contributed by atoms with Crippen molar-refractivity contribution < 1.29 is 14.0 Å². The molecule has 0 spiro atoms. The van der Waals surface area contributed by atoms with Gasteiger partial charge in [-0.25, -0.2) is 9.07 Å². The standard InChI is InChI=1S/C24H26ClFN4O2/c1-14-10-15(2)22(16(3)11-14)27-20(31)13-29(5)24(32)21-17(4)28-30(23(21)25)12-18-6-8-19(26)9-7-18/h6-11H,12-13H2,1-5H3,(H,27,31). The number of aromatic nitrogens is 2. The van der Waals surface area contributed by atoms with Gasteiger partial charge in [0, 0.05) is 12.7 Å². The van der Waals surface area contributed by atoms with Crippen molar-refractivity contribution in [3.05, 3.63) is 80.9 Å². The Kier molecular flexibility index (Phi) is 6.99. The monoisotopic (exact) mass is 456 g/mol. The zero-order valence-corrected chi connectivity index (χ0v) is 19.5. The summed E-state index contributed by atoms with van der Waals surface area (Å²) in [5.41, 5.74) is 5.30. The van der Waals surface area contributed by atoms with Gasteiger partial charge in [-0.3, -0.25) is 9.59 Å². The number of carbonyl (C=O) groups is 2. The van der Waals surface area contributed by atoms with E-state index in [4.69, 9.17) is 11.6 Å². The average molecular weight is 457 g/mol. The van der Waals surface area contributed by atoms with Gasteiger partial charge in [0.25, 0.3) is 5.91 Å². The maximum atomic E-state index is 13.1. The first-order valence-electron chi connectivity index (χ1n) is 10.2. The van der Waals surface area contributed by atoms with E-state index in [1.165, 1.54) is 21.7 Å². The number of halogens is 2. The van der Waals surface area contributed by atoms with Crippen LogP contribution >= 0.6 is 11.6 Å². The molecule has 2 aromatic carbocycles. The maximum Gasteiger partial charge on any atom is 0.259 e. The number of hydrogen-bond donors (Lipinski definition) is 1. The van der Waals surface area contributed by atoms with E-state index in [0.717, 1.165) is 27.9 Å². The predicted octanol–water partition coefficient (Wildman–Crippen LogP) is 4.67. The molecule has 1 aromatic heterocycles. The Morgan fingerprint density at radius 1 is 1.09 bits per heavy atom. The van der Waals surface area contributed by atoms with Crippen LogP contribution in [0.25, 0.3) is 0 Å². The minimum Gasteiger partial charge on any atom is -0.332 e. The lowest BCUT2D eigenvalue weighted by Crippen LogP contribution is -2.35. The van der Waals surface area contributed by atoms with Gasteiger partial charge >= 0.3 is 0 Å². The fraction of sp³-hybridized carbons (Fsp3) is 0.292. The molecule has 0 saturated heterocycles. The number of hydrogen-bond acceptors (Lipinski definition) is 3. The Bertz CT molecular complexity index is 1150. The van der Waals surface area contributed by atoms with Gasteiger partial charge in [0.2, 0.25) is 5.91 Å². The molecule has 8 heteroatoms. The molecule has 0 bridgehead atoms. The molecule has 1 heterocycles. The number of rotatable bonds is 6. The van der Waals surface area contributed by atoms with Crippen molar-refractivity contribution in [2.75, 3.05) is 18.9 Å². The van der Waals surface area contributed by atoms with Gasteiger partial charge in [-0.15, -0.1) is 0 Å². The zero-order chi connectivity index (χ0) is 23.6. The lowest BCUT2D eigenvalue weighted by atomic mass is 10.1. The second kappa shape index (κ2) is 9.53. The van der Waals surface area contributed by atoms with Crippen molar-refractivity contribution in [2.24, 2.45) is 0 Å². The van der Waals surface area contributed by atoms with E-state index in [1.807, 2.05) is 32.9 Å². The molecule has 6 nitrogen and oxygen atoms in total. The smallest absolute Gasteiger partial charge is 0.259 e. The molecular formula is C24H26ClFN4O2. The highest BCUT2D eigenvalue weighted by atomic mass is 35.5. The van der Waals surface area contributed by atoms with Crippen LogP contribution in [0, 0.1) is 33.5 Å². The molecule has 2 amide bonds. The van der Waals surface area contributed by atoms with Crippen LogP contribution in [0.4, 0.5) is 10.1 Å². The Morgan fingerprint density at radius 2 is 1.69 bits per heavy atom. The largest absolute Gasteiger partial charge is 0.332 e. The number of amides is 2. The molecule has 0 radical (unpaired) electrons. The molecule has 0 fully saturated rings. The highest BCUT2D eigenvalue weighted by Crippen LogP contribution is 2.24.